The molecule has 82 valence electrons. The molecule has 0 N–H and O–H groups in total. The minimum absolute atomic E-state index is 0.0637. The average Bonchev–Trinajstić information content (AvgIpc) is 1.99. The summed E-state index contributed by atoms with van der Waals surface area (Å²) in [6, 6.07) is 2.61. The zero-order valence-corrected chi connectivity index (χ0v) is 7.99. The van der Waals surface area contributed by atoms with Gasteiger partial charge in [0, 0.05) is 16.7 Å². The SMILES string of the molecule is C=C(Cl)c1ccc(OC(F)(F)F)cc1F. The number of hydrogen-bond donors (Lipinski definition) is 0. The van der Waals surface area contributed by atoms with Gasteiger partial charge in [-0.05, 0) is 12.1 Å². The molecule has 0 aliphatic rings. The molecule has 15 heavy (non-hydrogen) atoms. The van der Waals surface area contributed by atoms with Crippen molar-refractivity contribution in [2.75, 3.05) is 0 Å². The molecule has 1 rings (SSSR count). The predicted octanol–water partition coefficient (Wildman–Crippen LogP) is 3.93. The first kappa shape index (κ1) is 11.8. The van der Waals surface area contributed by atoms with E-state index >= 15 is 0 Å². The number of hydrogen-bond acceptors (Lipinski definition) is 1. The molecule has 0 spiro atoms. The van der Waals surface area contributed by atoms with Crippen LogP contribution in [0.4, 0.5) is 17.6 Å². The van der Waals surface area contributed by atoms with Gasteiger partial charge in [-0.1, -0.05) is 18.2 Å². The fourth-order valence-electron chi connectivity index (χ4n) is 0.913. The summed E-state index contributed by atoms with van der Waals surface area (Å²) in [4.78, 5) is 0. The van der Waals surface area contributed by atoms with Crippen LogP contribution in [0.3, 0.4) is 0 Å². The number of ether oxygens (including phenoxy) is 1. The highest BCUT2D eigenvalue weighted by molar-refractivity contribution is 6.48. The Hall–Kier alpha value is -1.23. The molecule has 0 saturated heterocycles. The van der Waals surface area contributed by atoms with Crippen molar-refractivity contribution < 1.29 is 22.3 Å². The topological polar surface area (TPSA) is 9.23 Å². The lowest BCUT2D eigenvalue weighted by Crippen LogP contribution is -2.17. The smallest absolute Gasteiger partial charge is 0.406 e. The molecule has 1 aromatic rings. The van der Waals surface area contributed by atoms with E-state index in [0.29, 0.717) is 6.07 Å². The molecule has 0 heterocycles. The average molecular weight is 241 g/mol. The van der Waals surface area contributed by atoms with E-state index in [0.717, 1.165) is 12.1 Å². The van der Waals surface area contributed by atoms with Crippen molar-refractivity contribution in [1.29, 1.82) is 0 Å². The van der Waals surface area contributed by atoms with Gasteiger partial charge in [-0.15, -0.1) is 13.2 Å². The Kier molecular flexibility index (Phi) is 3.24. The maximum Gasteiger partial charge on any atom is 0.573 e. The van der Waals surface area contributed by atoms with Crippen LogP contribution in [0.15, 0.2) is 24.8 Å². The minimum Gasteiger partial charge on any atom is -0.406 e. The van der Waals surface area contributed by atoms with Crippen LogP contribution < -0.4 is 4.74 Å². The second-order valence-electron chi connectivity index (χ2n) is 2.59. The first-order valence-electron chi connectivity index (χ1n) is 3.69. The fourth-order valence-corrected chi connectivity index (χ4v) is 1.07. The van der Waals surface area contributed by atoms with Gasteiger partial charge in [-0.25, -0.2) is 4.39 Å². The molecule has 0 amide bonds. The van der Waals surface area contributed by atoms with Crippen LogP contribution in [0.2, 0.25) is 0 Å². The highest BCUT2D eigenvalue weighted by atomic mass is 35.5. The van der Waals surface area contributed by atoms with E-state index in [4.69, 9.17) is 11.6 Å². The summed E-state index contributed by atoms with van der Waals surface area (Å²) >= 11 is 5.40. The van der Waals surface area contributed by atoms with Crippen LogP contribution in [0, 0.1) is 5.82 Å². The lowest BCUT2D eigenvalue weighted by Gasteiger charge is -2.09. The zero-order chi connectivity index (χ0) is 11.6. The standard InChI is InChI=1S/C9H5ClF4O/c1-5(10)7-3-2-6(4-8(7)11)15-9(12,13)14/h2-4H,1H2. The van der Waals surface area contributed by atoms with Crippen LogP contribution >= 0.6 is 11.6 Å². The first-order chi connectivity index (χ1) is 6.79. The maximum absolute atomic E-state index is 13.1. The van der Waals surface area contributed by atoms with Gasteiger partial charge in [-0.3, -0.25) is 0 Å². The Morgan fingerprint density at radius 1 is 1.33 bits per heavy atom. The van der Waals surface area contributed by atoms with Crippen molar-refractivity contribution in [3.05, 3.63) is 36.2 Å². The summed E-state index contributed by atoms with van der Waals surface area (Å²) in [6.07, 6.45) is -4.84. The predicted molar refractivity (Wildman–Crippen MR) is 48.0 cm³/mol. The summed E-state index contributed by atoms with van der Waals surface area (Å²) in [5.41, 5.74) is -0.0637. The molecule has 0 aromatic heterocycles. The molecule has 1 nitrogen and oxygen atoms in total. The lowest BCUT2D eigenvalue weighted by molar-refractivity contribution is -0.274. The number of alkyl halides is 3. The molecule has 6 heteroatoms. The Morgan fingerprint density at radius 2 is 1.93 bits per heavy atom. The van der Waals surface area contributed by atoms with Gasteiger partial charge in [0.2, 0.25) is 0 Å². The Bertz CT molecular complexity index is 386. The summed E-state index contributed by atoms with van der Waals surface area (Å²) in [7, 11) is 0. The van der Waals surface area contributed by atoms with Crippen molar-refractivity contribution in [2.24, 2.45) is 0 Å². The van der Waals surface area contributed by atoms with Crippen molar-refractivity contribution in [2.45, 2.75) is 6.36 Å². The van der Waals surface area contributed by atoms with E-state index in [1.807, 2.05) is 0 Å². The molecule has 0 aliphatic heterocycles. The highest BCUT2D eigenvalue weighted by Crippen LogP contribution is 2.27. The van der Waals surface area contributed by atoms with Crippen LogP contribution in [0.1, 0.15) is 5.56 Å². The van der Waals surface area contributed by atoms with E-state index in [1.165, 1.54) is 0 Å². The number of rotatable bonds is 2. The summed E-state index contributed by atoms with van der Waals surface area (Å²) in [5, 5.41) is -0.0916. The van der Waals surface area contributed by atoms with Crippen LogP contribution in [0.25, 0.3) is 5.03 Å². The lowest BCUT2D eigenvalue weighted by atomic mass is 10.2. The van der Waals surface area contributed by atoms with Gasteiger partial charge in [0.15, 0.2) is 0 Å². The molecule has 0 bridgehead atoms. The molecule has 0 saturated carbocycles. The number of halogens is 5. The van der Waals surface area contributed by atoms with E-state index in [-0.39, 0.29) is 10.6 Å². The Morgan fingerprint density at radius 3 is 2.33 bits per heavy atom. The third kappa shape index (κ3) is 3.43. The zero-order valence-electron chi connectivity index (χ0n) is 7.24. The van der Waals surface area contributed by atoms with Gasteiger partial charge in [0.05, 0.1) is 0 Å². The highest BCUT2D eigenvalue weighted by Gasteiger charge is 2.31. The molecule has 0 fully saturated rings. The van der Waals surface area contributed by atoms with Gasteiger partial charge in [0.1, 0.15) is 11.6 Å². The van der Waals surface area contributed by atoms with Gasteiger partial charge in [0.25, 0.3) is 0 Å². The third-order valence-corrected chi connectivity index (χ3v) is 1.67. The molecular weight excluding hydrogens is 236 g/mol. The molecule has 0 atom stereocenters. The second kappa shape index (κ2) is 4.10. The van der Waals surface area contributed by atoms with E-state index in [1.54, 1.807) is 0 Å². The molecule has 0 aliphatic carbocycles. The Labute approximate surface area is 87.9 Å². The first-order valence-corrected chi connectivity index (χ1v) is 4.07. The van der Waals surface area contributed by atoms with E-state index < -0.39 is 17.9 Å². The summed E-state index contributed by atoms with van der Waals surface area (Å²) in [6.45, 7) is 3.25. The van der Waals surface area contributed by atoms with Crippen molar-refractivity contribution >= 4 is 16.6 Å². The van der Waals surface area contributed by atoms with Gasteiger partial charge < -0.3 is 4.74 Å². The largest absolute Gasteiger partial charge is 0.573 e. The Balaban J connectivity index is 2.97. The van der Waals surface area contributed by atoms with Gasteiger partial charge in [-0.2, -0.15) is 0 Å². The summed E-state index contributed by atoms with van der Waals surface area (Å²) in [5.74, 6) is -1.56. The normalized spacial score (nSPS) is 11.3. The van der Waals surface area contributed by atoms with E-state index in [9.17, 15) is 17.6 Å². The summed E-state index contributed by atoms with van der Waals surface area (Å²) < 4.78 is 51.8. The van der Waals surface area contributed by atoms with Crippen LogP contribution in [0.5, 0.6) is 5.75 Å². The van der Waals surface area contributed by atoms with E-state index in [2.05, 4.69) is 11.3 Å². The van der Waals surface area contributed by atoms with Gasteiger partial charge >= 0.3 is 6.36 Å². The number of benzene rings is 1. The maximum atomic E-state index is 13.1. The second-order valence-corrected chi connectivity index (χ2v) is 3.05. The monoisotopic (exact) mass is 240 g/mol. The third-order valence-electron chi connectivity index (χ3n) is 1.47. The van der Waals surface area contributed by atoms with Crippen LogP contribution in [-0.2, 0) is 0 Å². The van der Waals surface area contributed by atoms with Crippen LogP contribution in [-0.4, -0.2) is 6.36 Å². The molecular formula is C9H5ClF4O. The molecule has 1 aromatic carbocycles. The molecule has 0 unspecified atom stereocenters. The van der Waals surface area contributed by atoms with Crippen molar-refractivity contribution in [1.82, 2.24) is 0 Å². The fraction of sp³-hybridized carbons (Fsp3) is 0.111. The van der Waals surface area contributed by atoms with Crippen molar-refractivity contribution in [3.8, 4) is 5.75 Å². The van der Waals surface area contributed by atoms with Crippen molar-refractivity contribution in [3.63, 3.8) is 0 Å². The minimum atomic E-state index is -4.84. The molecule has 0 radical (unpaired) electrons. The quantitative estimate of drug-likeness (QED) is 0.712.